The van der Waals surface area contributed by atoms with Crippen LogP contribution in [0.1, 0.15) is 5.56 Å². The van der Waals surface area contributed by atoms with E-state index >= 15 is 0 Å². The summed E-state index contributed by atoms with van der Waals surface area (Å²) in [5.41, 5.74) is 0.777. The molecule has 0 bridgehead atoms. The summed E-state index contributed by atoms with van der Waals surface area (Å²) in [5, 5.41) is 3.18. The lowest BCUT2D eigenvalue weighted by Gasteiger charge is -1.96. The van der Waals surface area contributed by atoms with Crippen LogP contribution in [0.25, 0.3) is 6.08 Å². The van der Waals surface area contributed by atoms with E-state index in [1.54, 1.807) is 18.2 Å². The van der Waals surface area contributed by atoms with Crippen molar-refractivity contribution in [2.45, 2.75) is 0 Å². The highest BCUT2D eigenvalue weighted by atomic mass is 79.9. The number of nitrogens with zero attached hydrogens (tertiary/aromatic N) is 1. The molecule has 62 valence electrons. The summed E-state index contributed by atoms with van der Waals surface area (Å²) in [5.74, 6) is 0. The molecule has 2 nitrogen and oxygen atoms in total. The van der Waals surface area contributed by atoms with Gasteiger partial charge < -0.3 is 0 Å². The van der Waals surface area contributed by atoms with E-state index in [1.807, 2.05) is 6.07 Å². The average molecular weight is 246 g/mol. The van der Waals surface area contributed by atoms with E-state index in [4.69, 9.17) is 11.6 Å². The summed E-state index contributed by atoms with van der Waals surface area (Å²) in [4.78, 5) is 9.77. The highest BCUT2D eigenvalue weighted by Gasteiger charge is 1.95. The Balaban J connectivity index is 3.01. The Morgan fingerprint density at radius 2 is 2.25 bits per heavy atom. The molecule has 0 radical (unpaired) electrons. The minimum atomic E-state index is 0.587. The minimum Gasteiger partial charge on any atom is -0.145 e. The summed E-state index contributed by atoms with van der Waals surface area (Å²) >= 11 is 9.11. The van der Waals surface area contributed by atoms with Gasteiger partial charge >= 0.3 is 0 Å². The lowest BCUT2D eigenvalue weighted by molar-refractivity contribution is 1.54. The topological polar surface area (TPSA) is 29.4 Å². The van der Waals surface area contributed by atoms with Gasteiger partial charge in [0, 0.05) is 9.50 Å². The summed E-state index contributed by atoms with van der Waals surface area (Å²) < 4.78 is 0.906. The van der Waals surface area contributed by atoms with Gasteiger partial charge in [-0.05, 0) is 28.9 Å². The first-order valence-electron chi connectivity index (χ1n) is 3.18. The second-order valence-electron chi connectivity index (χ2n) is 2.09. The lowest BCUT2D eigenvalue weighted by Crippen LogP contribution is -1.73. The normalized spacial score (nSPS) is 10.5. The Labute approximate surface area is 83.3 Å². The molecule has 0 aliphatic rings. The van der Waals surface area contributed by atoms with Crippen molar-refractivity contribution >= 4 is 33.6 Å². The van der Waals surface area contributed by atoms with Gasteiger partial charge in [0.15, 0.2) is 0 Å². The fraction of sp³-hybridized carbons (Fsp3) is 0. The standard InChI is InChI=1S/C8H5BrClNO/c9-7-2-1-6(3-4-11-12)8(10)5-7/h1-5H/b4-3+. The minimum absolute atomic E-state index is 0.587. The highest BCUT2D eigenvalue weighted by molar-refractivity contribution is 9.10. The molecule has 0 aliphatic carbocycles. The third-order valence-electron chi connectivity index (χ3n) is 1.28. The molecule has 12 heavy (non-hydrogen) atoms. The maximum absolute atomic E-state index is 9.77. The fourth-order valence-electron chi connectivity index (χ4n) is 0.747. The van der Waals surface area contributed by atoms with Gasteiger partial charge in [0.25, 0.3) is 0 Å². The van der Waals surface area contributed by atoms with Crippen molar-refractivity contribution in [2.24, 2.45) is 5.18 Å². The zero-order valence-corrected chi connectivity index (χ0v) is 8.34. The lowest BCUT2D eigenvalue weighted by atomic mass is 10.2. The van der Waals surface area contributed by atoms with Gasteiger partial charge in [-0.3, -0.25) is 0 Å². The summed E-state index contributed by atoms with van der Waals surface area (Å²) in [6, 6.07) is 5.40. The summed E-state index contributed by atoms with van der Waals surface area (Å²) in [6.07, 6.45) is 2.72. The van der Waals surface area contributed by atoms with Gasteiger partial charge in [-0.2, -0.15) is 0 Å². The second kappa shape index (κ2) is 4.38. The molecule has 0 fully saturated rings. The van der Waals surface area contributed by atoms with Gasteiger partial charge in [0.2, 0.25) is 0 Å². The third-order valence-corrected chi connectivity index (χ3v) is 2.10. The predicted molar refractivity (Wildman–Crippen MR) is 54.0 cm³/mol. The SMILES string of the molecule is O=N/C=C/c1ccc(Br)cc1Cl. The quantitative estimate of drug-likeness (QED) is 0.729. The molecule has 4 heteroatoms. The number of rotatable bonds is 2. The van der Waals surface area contributed by atoms with Crippen LogP contribution < -0.4 is 0 Å². The molecule has 0 aromatic heterocycles. The van der Waals surface area contributed by atoms with E-state index in [0.717, 1.165) is 16.2 Å². The number of nitroso groups, excluding NO2 is 1. The van der Waals surface area contributed by atoms with Crippen molar-refractivity contribution in [2.75, 3.05) is 0 Å². The smallest absolute Gasteiger partial charge is 0.0721 e. The molecule has 0 heterocycles. The van der Waals surface area contributed by atoms with E-state index in [1.165, 1.54) is 0 Å². The van der Waals surface area contributed by atoms with Crippen LogP contribution in [0, 0.1) is 4.91 Å². The van der Waals surface area contributed by atoms with Gasteiger partial charge in [-0.1, -0.05) is 33.6 Å². The van der Waals surface area contributed by atoms with E-state index in [0.29, 0.717) is 5.02 Å². The number of hydrogen-bond acceptors (Lipinski definition) is 2. The van der Waals surface area contributed by atoms with Gasteiger partial charge in [-0.15, -0.1) is 4.91 Å². The molecule has 0 saturated carbocycles. The predicted octanol–water partition coefficient (Wildman–Crippen LogP) is 3.84. The maximum Gasteiger partial charge on any atom is 0.0721 e. The molecule has 1 aromatic carbocycles. The van der Waals surface area contributed by atoms with Crippen LogP contribution in [-0.2, 0) is 0 Å². The molecule has 0 N–H and O–H groups in total. The molecule has 0 unspecified atom stereocenters. The molecular formula is C8H5BrClNO. The van der Waals surface area contributed by atoms with Crippen molar-refractivity contribution in [1.29, 1.82) is 0 Å². The van der Waals surface area contributed by atoms with E-state index in [2.05, 4.69) is 21.1 Å². The zero-order chi connectivity index (χ0) is 8.97. The van der Waals surface area contributed by atoms with Crippen molar-refractivity contribution in [3.8, 4) is 0 Å². The number of halogens is 2. The van der Waals surface area contributed by atoms with Crippen molar-refractivity contribution in [3.05, 3.63) is 44.4 Å². The Morgan fingerprint density at radius 3 is 2.83 bits per heavy atom. The average Bonchev–Trinajstić information content (AvgIpc) is 2.03. The largest absolute Gasteiger partial charge is 0.145 e. The zero-order valence-electron chi connectivity index (χ0n) is 6.00. The summed E-state index contributed by atoms with van der Waals surface area (Å²) in [7, 11) is 0. The van der Waals surface area contributed by atoms with Crippen LogP contribution in [0.4, 0.5) is 0 Å². The van der Waals surface area contributed by atoms with Crippen LogP contribution in [-0.4, -0.2) is 0 Å². The van der Waals surface area contributed by atoms with Gasteiger partial charge in [-0.25, -0.2) is 0 Å². The summed E-state index contributed by atoms with van der Waals surface area (Å²) in [6.45, 7) is 0. The molecule has 0 amide bonds. The third kappa shape index (κ3) is 2.43. The number of benzene rings is 1. The molecule has 0 aliphatic heterocycles. The van der Waals surface area contributed by atoms with Crippen LogP contribution in [0.3, 0.4) is 0 Å². The van der Waals surface area contributed by atoms with Crippen molar-refractivity contribution in [1.82, 2.24) is 0 Å². The van der Waals surface area contributed by atoms with Crippen molar-refractivity contribution in [3.63, 3.8) is 0 Å². The van der Waals surface area contributed by atoms with E-state index in [-0.39, 0.29) is 0 Å². The monoisotopic (exact) mass is 245 g/mol. The van der Waals surface area contributed by atoms with Crippen LogP contribution in [0.15, 0.2) is 34.0 Å². The first kappa shape index (κ1) is 9.42. The van der Waals surface area contributed by atoms with Gasteiger partial charge in [0.05, 0.1) is 6.20 Å². The van der Waals surface area contributed by atoms with Crippen molar-refractivity contribution < 1.29 is 0 Å². The van der Waals surface area contributed by atoms with Crippen LogP contribution in [0.2, 0.25) is 5.02 Å². The van der Waals surface area contributed by atoms with E-state index < -0.39 is 0 Å². The highest BCUT2D eigenvalue weighted by Crippen LogP contribution is 2.22. The first-order valence-corrected chi connectivity index (χ1v) is 4.35. The maximum atomic E-state index is 9.77. The Morgan fingerprint density at radius 1 is 1.50 bits per heavy atom. The van der Waals surface area contributed by atoms with Crippen LogP contribution in [0.5, 0.6) is 0 Å². The molecule has 1 aromatic rings. The van der Waals surface area contributed by atoms with Crippen LogP contribution >= 0.6 is 27.5 Å². The van der Waals surface area contributed by atoms with E-state index in [9.17, 15) is 4.91 Å². The molecular weight excluding hydrogens is 241 g/mol. The molecule has 0 spiro atoms. The molecule has 1 rings (SSSR count). The Bertz CT molecular complexity index is 325. The first-order chi connectivity index (χ1) is 5.74. The Kier molecular flexibility index (Phi) is 3.44. The van der Waals surface area contributed by atoms with Gasteiger partial charge in [0.1, 0.15) is 0 Å². The number of hydrogen-bond donors (Lipinski definition) is 0. The molecule has 0 atom stereocenters. The Hall–Kier alpha value is -0.670. The fourth-order valence-corrected chi connectivity index (χ4v) is 1.48. The molecule has 0 saturated heterocycles. The second-order valence-corrected chi connectivity index (χ2v) is 3.41.